The number of unbranched alkanes of at least 4 members (excludes halogenated alkanes) is 1. The van der Waals surface area contributed by atoms with Gasteiger partial charge in [0.2, 0.25) is 0 Å². The molecular weight excluding hydrogens is 291 g/mol. The fourth-order valence-electron chi connectivity index (χ4n) is 2.13. The zero-order chi connectivity index (χ0) is 13.3. The molecule has 0 saturated heterocycles. The summed E-state index contributed by atoms with van der Waals surface area (Å²) in [5, 5.41) is 11.4. The highest BCUT2D eigenvalue weighted by atomic mass is 35.5. The molecule has 0 amide bonds. The summed E-state index contributed by atoms with van der Waals surface area (Å²) in [5.41, 5.74) is 0.840. The standard InChI is InChI=1S/C13H16Cl2O2S/c1-3-4-5-9-12(16)7-6-8(17-2)10(14)11(15)13(7)18-9/h6,9,12,16H,3-5H2,1-2H3. The van der Waals surface area contributed by atoms with Crippen LogP contribution in [0, 0.1) is 0 Å². The summed E-state index contributed by atoms with van der Waals surface area (Å²) in [6, 6.07) is 1.80. The molecule has 5 heteroatoms. The summed E-state index contributed by atoms with van der Waals surface area (Å²) in [6.07, 6.45) is 2.72. The molecule has 2 nitrogen and oxygen atoms in total. The fourth-order valence-corrected chi connectivity index (χ4v) is 4.13. The first-order valence-corrected chi connectivity index (χ1v) is 7.64. The predicted octanol–water partition coefficient (Wildman–Crippen LogP) is 4.70. The van der Waals surface area contributed by atoms with Crippen LogP contribution < -0.4 is 4.74 Å². The van der Waals surface area contributed by atoms with Crippen LogP contribution in [0.3, 0.4) is 0 Å². The lowest BCUT2D eigenvalue weighted by Gasteiger charge is -2.13. The summed E-state index contributed by atoms with van der Waals surface area (Å²) in [5.74, 6) is 0.524. The molecule has 0 spiro atoms. The maximum atomic E-state index is 10.3. The van der Waals surface area contributed by atoms with Gasteiger partial charge in [0.05, 0.1) is 18.2 Å². The summed E-state index contributed by atoms with van der Waals surface area (Å²) in [4.78, 5) is 0.899. The van der Waals surface area contributed by atoms with E-state index in [0.717, 1.165) is 29.7 Å². The van der Waals surface area contributed by atoms with E-state index in [2.05, 4.69) is 6.92 Å². The number of fused-ring (bicyclic) bond motifs is 1. The highest BCUT2D eigenvalue weighted by Crippen LogP contribution is 2.53. The third-order valence-corrected chi connectivity index (χ3v) is 5.59. The second kappa shape index (κ2) is 5.91. The Bertz CT molecular complexity index is 451. The number of aliphatic hydroxyl groups excluding tert-OH is 1. The van der Waals surface area contributed by atoms with Crippen molar-refractivity contribution in [3.8, 4) is 5.75 Å². The van der Waals surface area contributed by atoms with Gasteiger partial charge in [-0.05, 0) is 12.5 Å². The van der Waals surface area contributed by atoms with Gasteiger partial charge in [-0.1, -0.05) is 43.0 Å². The van der Waals surface area contributed by atoms with Crippen LogP contribution in [0.4, 0.5) is 0 Å². The van der Waals surface area contributed by atoms with Gasteiger partial charge in [0.15, 0.2) is 0 Å². The van der Waals surface area contributed by atoms with Crippen LogP contribution in [-0.4, -0.2) is 17.5 Å². The fraction of sp³-hybridized carbons (Fsp3) is 0.538. The average molecular weight is 307 g/mol. The maximum Gasteiger partial charge on any atom is 0.139 e. The summed E-state index contributed by atoms with van der Waals surface area (Å²) in [6.45, 7) is 2.14. The van der Waals surface area contributed by atoms with Gasteiger partial charge in [0, 0.05) is 15.7 Å². The van der Waals surface area contributed by atoms with Crippen molar-refractivity contribution < 1.29 is 9.84 Å². The molecule has 0 radical (unpaired) electrons. The average Bonchev–Trinajstić information content (AvgIpc) is 2.68. The van der Waals surface area contributed by atoms with E-state index in [1.807, 2.05) is 0 Å². The normalized spacial score (nSPS) is 22.1. The molecule has 18 heavy (non-hydrogen) atoms. The first-order chi connectivity index (χ1) is 8.60. The van der Waals surface area contributed by atoms with Crippen LogP contribution in [-0.2, 0) is 0 Å². The molecular formula is C13H16Cl2O2S. The lowest BCUT2D eigenvalue weighted by atomic mass is 10.0. The smallest absolute Gasteiger partial charge is 0.139 e. The zero-order valence-electron chi connectivity index (χ0n) is 10.4. The van der Waals surface area contributed by atoms with Crippen molar-refractivity contribution in [2.24, 2.45) is 0 Å². The van der Waals surface area contributed by atoms with E-state index in [1.54, 1.807) is 24.9 Å². The molecule has 2 rings (SSSR count). The molecule has 1 aromatic carbocycles. The minimum absolute atomic E-state index is 0.167. The highest BCUT2D eigenvalue weighted by molar-refractivity contribution is 8.00. The molecule has 100 valence electrons. The minimum atomic E-state index is -0.486. The molecule has 2 unspecified atom stereocenters. The van der Waals surface area contributed by atoms with E-state index in [-0.39, 0.29) is 5.25 Å². The molecule has 1 aromatic rings. The lowest BCUT2D eigenvalue weighted by Crippen LogP contribution is -2.09. The molecule has 1 heterocycles. The van der Waals surface area contributed by atoms with Gasteiger partial charge in [-0.3, -0.25) is 0 Å². The molecule has 0 fully saturated rings. The molecule has 1 N–H and O–H groups in total. The zero-order valence-corrected chi connectivity index (χ0v) is 12.7. The van der Waals surface area contributed by atoms with Gasteiger partial charge in [-0.15, -0.1) is 11.8 Å². The topological polar surface area (TPSA) is 29.5 Å². The van der Waals surface area contributed by atoms with E-state index in [1.165, 1.54) is 0 Å². The van der Waals surface area contributed by atoms with Crippen molar-refractivity contribution in [1.29, 1.82) is 0 Å². The minimum Gasteiger partial charge on any atom is -0.495 e. The van der Waals surface area contributed by atoms with Crippen molar-refractivity contribution >= 4 is 35.0 Å². The second-order valence-electron chi connectivity index (χ2n) is 4.37. The second-order valence-corrected chi connectivity index (χ2v) is 6.37. The van der Waals surface area contributed by atoms with Gasteiger partial charge >= 0.3 is 0 Å². The van der Waals surface area contributed by atoms with E-state index < -0.39 is 6.10 Å². The van der Waals surface area contributed by atoms with Gasteiger partial charge < -0.3 is 9.84 Å². The highest BCUT2D eigenvalue weighted by Gasteiger charge is 2.34. The van der Waals surface area contributed by atoms with Gasteiger partial charge in [0.1, 0.15) is 10.8 Å². The number of rotatable bonds is 4. The Morgan fingerprint density at radius 3 is 2.72 bits per heavy atom. The van der Waals surface area contributed by atoms with Gasteiger partial charge in [0.25, 0.3) is 0 Å². The Labute approximate surface area is 122 Å². The number of aliphatic hydroxyl groups is 1. The molecule has 0 bridgehead atoms. The van der Waals surface area contributed by atoms with Crippen LogP contribution in [0.15, 0.2) is 11.0 Å². The first-order valence-electron chi connectivity index (χ1n) is 6.00. The third-order valence-electron chi connectivity index (χ3n) is 3.16. The number of hydrogen-bond donors (Lipinski definition) is 1. The van der Waals surface area contributed by atoms with Crippen LogP contribution in [0.1, 0.15) is 37.9 Å². The molecule has 1 aliphatic rings. The quantitative estimate of drug-likeness (QED) is 0.874. The first kappa shape index (κ1) is 14.3. The monoisotopic (exact) mass is 306 g/mol. The Morgan fingerprint density at radius 1 is 1.39 bits per heavy atom. The third kappa shape index (κ3) is 2.46. The molecule has 0 aliphatic carbocycles. The Hall–Kier alpha value is -0.0900. The van der Waals surface area contributed by atoms with Gasteiger partial charge in [-0.25, -0.2) is 0 Å². The Morgan fingerprint density at radius 2 is 2.11 bits per heavy atom. The lowest BCUT2D eigenvalue weighted by molar-refractivity contribution is 0.172. The number of hydrogen-bond acceptors (Lipinski definition) is 3. The van der Waals surface area contributed by atoms with E-state index in [9.17, 15) is 5.11 Å². The van der Waals surface area contributed by atoms with Crippen LogP contribution in [0.5, 0.6) is 5.75 Å². The summed E-state index contributed by atoms with van der Waals surface area (Å²) >= 11 is 14.0. The number of methoxy groups -OCH3 is 1. The van der Waals surface area contributed by atoms with E-state index in [4.69, 9.17) is 27.9 Å². The van der Waals surface area contributed by atoms with Crippen molar-refractivity contribution in [1.82, 2.24) is 0 Å². The molecule has 0 saturated carbocycles. The van der Waals surface area contributed by atoms with E-state index in [0.29, 0.717) is 15.8 Å². The van der Waals surface area contributed by atoms with Crippen molar-refractivity contribution in [3.05, 3.63) is 21.7 Å². The Kier molecular flexibility index (Phi) is 4.70. The van der Waals surface area contributed by atoms with Gasteiger partial charge in [-0.2, -0.15) is 0 Å². The van der Waals surface area contributed by atoms with Crippen LogP contribution >= 0.6 is 35.0 Å². The molecule has 2 atom stereocenters. The Balaban J connectivity index is 2.33. The maximum absolute atomic E-state index is 10.3. The van der Waals surface area contributed by atoms with E-state index >= 15 is 0 Å². The number of halogens is 2. The largest absolute Gasteiger partial charge is 0.495 e. The predicted molar refractivity (Wildman–Crippen MR) is 77.1 cm³/mol. The van der Waals surface area contributed by atoms with Crippen molar-refractivity contribution in [3.63, 3.8) is 0 Å². The van der Waals surface area contributed by atoms with Crippen molar-refractivity contribution in [2.45, 2.75) is 42.4 Å². The number of benzene rings is 1. The summed E-state index contributed by atoms with van der Waals surface area (Å²) in [7, 11) is 1.55. The summed E-state index contributed by atoms with van der Waals surface area (Å²) < 4.78 is 5.18. The number of thioether (sulfide) groups is 1. The van der Waals surface area contributed by atoms with Crippen molar-refractivity contribution in [2.75, 3.05) is 7.11 Å². The number of ether oxygens (including phenoxy) is 1. The SMILES string of the molecule is CCCCC1Sc2c(cc(OC)c(Cl)c2Cl)C1O. The molecule has 1 aliphatic heterocycles. The molecule has 0 aromatic heterocycles. The van der Waals surface area contributed by atoms with Crippen LogP contribution in [0.25, 0.3) is 0 Å². The van der Waals surface area contributed by atoms with Crippen LogP contribution in [0.2, 0.25) is 10.0 Å².